The van der Waals surface area contributed by atoms with Crippen LogP contribution in [0.4, 0.5) is 0 Å². The summed E-state index contributed by atoms with van der Waals surface area (Å²) in [5, 5.41) is 10.3. The number of sulfone groups is 1. The van der Waals surface area contributed by atoms with E-state index in [0.29, 0.717) is 11.1 Å². The van der Waals surface area contributed by atoms with Gasteiger partial charge in [-0.3, -0.25) is 0 Å². The van der Waals surface area contributed by atoms with E-state index in [4.69, 9.17) is 0 Å². The Bertz CT molecular complexity index is 515. The second-order valence-electron chi connectivity index (χ2n) is 3.80. The molecule has 0 saturated carbocycles. The molecule has 0 saturated heterocycles. The monoisotopic (exact) mass is 251 g/mol. The summed E-state index contributed by atoms with van der Waals surface area (Å²) in [6.45, 7) is 3.34. The Morgan fingerprint density at radius 3 is 2.12 bits per heavy atom. The fourth-order valence-electron chi connectivity index (χ4n) is 1.86. The molecule has 1 aromatic carbocycles. The molecular weight excluding hydrogens is 241 g/mol. The van der Waals surface area contributed by atoms with Gasteiger partial charge in [-0.25, -0.2) is 0 Å². The minimum atomic E-state index is -3.82. The van der Waals surface area contributed by atoms with Crippen LogP contribution in [0.15, 0.2) is 17.0 Å². The zero-order valence-electron chi connectivity index (χ0n) is 9.35. The van der Waals surface area contributed by atoms with Gasteiger partial charge in [0.25, 0.3) is 0 Å². The van der Waals surface area contributed by atoms with Crippen molar-refractivity contribution in [2.75, 3.05) is 5.88 Å². The van der Waals surface area contributed by atoms with Crippen LogP contribution in [-0.2, 0) is 9.84 Å². The molecule has 0 aliphatic heterocycles. The van der Waals surface area contributed by atoms with E-state index in [-0.39, 0.29) is 4.90 Å². The van der Waals surface area contributed by atoms with Crippen molar-refractivity contribution in [2.24, 2.45) is 0 Å². The van der Waals surface area contributed by atoms with Crippen LogP contribution in [0.2, 0.25) is 0 Å². The molecule has 5 nitrogen and oxygen atoms in total. The summed E-state index contributed by atoms with van der Waals surface area (Å²) in [4.78, 5) is 9.60. The molecular formula is C9H10NNaO4S. The van der Waals surface area contributed by atoms with Crippen molar-refractivity contribution in [3.63, 3.8) is 0 Å². The molecule has 0 unspecified atom stereocenters. The molecule has 0 bridgehead atoms. The van der Waals surface area contributed by atoms with E-state index < -0.39 is 20.6 Å². The Kier molecular flexibility index (Phi) is 4.12. The molecule has 0 heterocycles. The van der Waals surface area contributed by atoms with Gasteiger partial charge in [0.2, 0.25) is 0 Å². The first-order valence-corrected chi connectivity index (χ1v) is 7.31. The normalized spacial score (nSPS) is 11.5. The summed E-state index contributed by atoms with van der Waals surface area (Å²) in [7, 11) is -3.82. The maximum absolute atomic E-state index is 11.8. The molecule has 0 fully saturated rings. The van der Waals surface area contributed by atoms with E-state index >= 15 is 0 Å². The Morgan fingerprint density at radius 2 is 1.75 bits per heavy atom. The Morgan fingerprint density at radius 1 is 1.31 bits per heavy atom. The summed E-state index contributed by atoms with van der Waals surface area (Å²) in [6.07, 6.45) is 0. The van der Waals surface area contributed by atoms with Gasteiger partial charge in [0.15, 0.2) is 0 Å². The zero-order valence-corrected chi connectivity index (χ0v) is 12.2. The van der Waals surface area contributed by atoms with Crippen LogP contribution in [0.3, 0.4) is 0 Å². The van der Waals surface area contributed by atoms with Gasteiger partial charge in [0, 0.05) is 0 Å². The molecule has 16 heavy (non-hydrogen) atoms. The van der Waals surface area contributed by atoms with Crippen LogP contribution in [0.1, 0.15) is 11.1 Å². The maximum atomic E-state index is 11.8. The van der Waals surface area contributed by atoms with Crippen molar-refractivity contribution in [1.82, 2.24) is 0 Å². The van der Waals surface area contributed by atoms with Crippen LogP contribution in [-0.4, -0.2) is 47.1 Å². The average Bonchev–Trinajstić information content (AvgIpc) is 1.96. The molecule has 7 heteroatoms. The third-order valence-electron chi connectivity index (χ3n) is 2.19. The molecule has 0 aliphatic carbocycles. The van der Waals surface area contributed by atoms with E-state index in [1.165, 1.54) is 0 Å². The predicted molar refractivity (Wildman–Crippen MR) is 60.4 cm³/mol. The minimum absolute atomic E-state index is 0.101. The standard InChI is InChI=1S/C9H10NO4S.Na/c1-7-4-3-5-8(2)9(7)15(13,14)6-10(11)12;/h4-5H,6H2,1-2H3;. The molecule has 0 atom stereocenters. The quantitative estimate of drug-likeness (QED) is 0.434. The fourth-order valence-corrected chi connectivity index (χ4v) is 4.23. The Hall–Kier alpha value is -0.430. The van der Waals surface area contributed by atoms with Crippen molar-refractivity contribution in [3.8, 4) is 0 Å². The number of nitro groups is 1. The first-order valence-electron chi connectivity index (χ1n) is 4.66. The van der Waals surface area contributed by atoms with E-state index in [2.05, 4.69) is 0 Å². The number of benzene rings is 1. The topological polar surface area (TPSA) is 77.3 Å². The first-order chi connectivity index (χ1) is 7.24. The first kappa shape index (κ1) is 13.6. The van der Waals surface area contributed by atoms with Gasteiger partial charge in [-0.05, 0) is 0 Å². The third kappa shape index (κ3) is 3.04. The van der Waals surface area contributed by atoms with E-state index in [1.54, 1.807) is 26.0 Å². The van der Waals surface area contributed by atoms with Crippen LogP contribution in [0, 0.1) is 24.0 Å². The predicted octanol–water partition coefficient (Wildman–Crippen LogP) is 0.105. The van der Waals surface area contributed by atoms with Crippen LogP contribution in [0.25, 0.3) is 0 Å². The van der Waals surface area contributed by atoms with Gasteiger partial charge in [-0.15, -0.1) is 0 Å². The van der Waals surface area contributed by atoms with Gasteiger partial charge in [0.1, 0.15) is 0 Å². The molecule has 1 rings (SSSR count). The summed E-state index contributed by atoms with van der Waals surface area (Å²) in [6, 6.07) is 3.54. The number of hydrogen-bond acceptors (Lipinski definition) is 4. The molecule has 0 spiro atoms. The van der Waals surface area contributed by atoms with Crippen molar-refractivity contribution >= 4 is 40.6 Å². The van der Waals surface area contributed by atoms with Crippen molar-refractivity contribution < 1.29 is 13.3 Å². The molecule has 0 aromatic heterocycles. The van der Waals surface area contributed by atoms with Crippen molar-refractivity contribution in [1.29, 1.82) is 0 Å². The van der Waals surface area contributed by atoms with Gasteiger partial charge >= 0.3 is 112 Å². The molecule has 0 N–H and O–H groups in total. The van der Waals surface area contributed by atoms with Crippen molar-refractivity contribution in [2.45, 2.75) is 18.7 Å². The number of nitrogens with zero attached hydrogens (tertiary/aromatic N) is 1. The molecule has 82 valence electrons. The second-order valence-corrected chi connectivity index (χ2v) is 6.86. The number of hydrogen-bond donors (Lipinski definition) is 0. The molecule has 0 amide bonds. The van der Waals surface area contributed by atoms with Crippen LogP contribution < -0.4 is 2.81 Å². The number of rotatable bonds is 3. The van der Waals surface area contributed by atoms with Gasteiger partial charge in [-0.2, -0.15) is 0 Å². The van der Waals surface area contributed by atoms with Gasteiger partial charge in [0.05, 0.1) is 0 Å². The van der Waals surface area contributed by atoms with Crippen molar-refractivity contribution in [3.05, 3.63) is 33.4 Å². The van der Waals surface area contributed by atoms with Crippen LogP contribution in [0.5, 0.6) is 0 Å². The van der Waals surface area contributed by atoms with Crippen LogP contribution >= 0.6 is 0 Å². The summed E-state index contributed by atoms with van der Waals surface area (Å²) < 4.78 is 24.6. The second kappa shape index (κ2) is 4.83. The van der Waals surface area contributed by atoms with E-state index in [9.17, 15) is 18.5 Å². The number of aryl methyl sites for hydroxylation is 2. The summed E-state index contributed by atoms with van der Waals surface area (Å²) >= 11 is 0.825. The Balaban J connectivity index is 3.39. The summed E-state index contributed by atoms with van der Waals surface area (Å²) in [5.41, 5.74) is 1.18. The fraction of sp³-hybridized carbons (Fsp3) is 0.333. The van der Waals surface area contributed by atoms with E-state index in [0.717, 1.165) is 30.7 Å². The average molecular weight is 251 g/mol. The SMILES string of the molecule is Cc1c[c]([Na])cc(C)c1S(=O)(=O)C[N+](=O)[O-]. The third-order valence-corrected chi connectivity index (χ3v) is 4.59. The molecule has 0 radical (unpaired) electrons. The molecule has 0 aliphatic rings. The molecule has 1 aromatic rings. The van der Waals surface area contributed by atoms with E-state index in [1.807, 2.05) is 0 Å². The van der Waals surface area contributed by atoms with Gasteiger partial charge in [-0.1, -0.05) is 0 Å². The van der Waals surface area contributed by atoms with Gasteiger partial charge < -0.3 is 0 Å². The Labute approximate surface area is 111 Å². The zero-order chi connectivity index (χ0) is 12.5. The summed E-state index contributed by atoms with van der Waals surface area (Å²) in [5.74, 6) is -1.05.